The summed E-state index contributed by atoms with van der Waals surface area (Å²) in [5.41, 5.74) is 6.27. The summed E-state index contributed by atoms with van der Waals surface area (Å²) >= 11 is 0. The lowest BCUT2D eigenvalue weighted by molar-refractivity contribution is -0.144. The maximum absolute atomic E-state index is 14.3. The van der Waals surface area contributed by atoms with Crippen LogP contribution in [0, 0.1) is 11.8 Å². The number of hydrogen-bond acceptors (Lipinski definition) is 8. The molecule has 3 rings (SSSR count). The lowest BCUT2D eigenvalue weighted by atomic mass is 10.0. The van der Waals surface area contributed by atoms with Crippen molar-refractivity contribution in [1.82, 2.24) is 15.1 Å². The molecule has 1 aliphatic rings. The SMILES string of the molecule is COc1ccc(C(=O)N(C(=O)[C@@H]2CCCN2C(=O)[C@@H](N)C(C)C)[C@@H](C(C)C)[Si](O)(O)CCNCc2ccccc2)cc1. The molecule has 5 N–H and O–H groups in total. The van der Waals surface area contributed by atoms with Crippen LogP contribution in [0.4, 0.5) is 0 Å². The summed E-state index contributed by atoms with van der Waals surface area (Å²) in [7, 11) is -2.73. The number of nitrogens with zero attached hydrogens (tertiary/aromatic N) is 2. The number of carbonyl (C=O) groups is 3. The molecule has 10 nitrogen and oxygen atoms in total. The van der Waals surface area contributed by atoms with E-state index >= 15 is 0 Å². The van der Waals surface area contributed by atoms with Gasteiger partial charge in [-0.05, 0) is 61.1 Å². The summed E-state index contributed by atoms with van der Waals surface area (Å²) in [6, 6.07) is 14.3. The first-order valence-electron chi connectivity index (χ1n) is 14.7. The molecule has 1 saturated heterocycles. The molecule has 0 saturated carbocycles. The van der Waals surface area contributed by atoms with E-state index in [0.29, 0.717) is 31.7 Å². The monoisotopic (exact) mass is 598 g/mol. The molecule has 42 heavy (non-hydrogen) atoms. The largest absolute Gasteiger partial charge is 0.497 e. The maximum Gasteiger partial charge on any atom is 0.358 e. The zero-order valence-corrected chi connectivity index (χ0v) is 26.3. The van der Waals surface area contributed by atoms with Gasteiger partial charge in [-0.25, -0.2) is 0 Å². The third kappa shape index (κ3) is 8.05. The Bertz CT molecular complexity index is 1190. The third-order valence-electron chi connectivity index (χ3n) is 7.84. The normalized spacial score (nSPS) is 16.9. The van der Waals surface area contributed by atoms with E-state index in [0.717, 1.165) is 10.5 Å². The van der Waals surface area contributed by atoms with Gasteiger partial charge in [0, 0.05) is 24.7 Å². The van der Waals surface area contributed by atoms with E-state index < -0.39 is 44.0 Å². The summed E-state index contributed by atoms with van der Waals surface area (Å²) in [6.07, 6.45) is 0.935. The summed E-state index contributed by atoms with van der Waals surface area (Å²) in [4.78, 5) is 67.4. The molecular weight excluding hydrogens is 552 g/mol. The molecule has 0 aromatic heterocycles. The van der Waals surface area contributed by atoms with Crippen molar-refractivity contribution in [2.75, 3.05) is 20.2 Å². The van der Waals surface area contributed by atoms with Crippen molar-refractivity contribution >= 4 is 26.3 Å². The number of nitrogens with one attached hydrogen (secondary N) is 1. The Morgan fingerprint density at radius 1 is 1.05 bits per heavy atom. The number of hydrogen-bond donors (Lipinski definition) is 4. The number of nitrogens with two attached hydrogens (primary N) is 1. The van der Waals surface area contributed by atoms with Crippen LogP contribution >= 0.6 is 0 Å². The summed E-state index contributed by atoms with van der Waals surface area (Å²) in [6.45, 7) is 8.39. The van der Waals surface area contributed by atoms with Crippen LogP contribution < -0.4 is 15.8 Å². The van der Waals surface area contributed by atoms with Gasteiger partial charge in [0.2, 0.25) is 5.91 Å². The standard InChI is InChI=1S/C31H46N4O6Si/c1-21(2)27(32)30(38)34-18-9-12-26(34)29(37)35(28(36)24-13-15-25(41-5)16-14-24)31(22(3)4)42(39,40)19-17-33-20-23-10-7-6-8-11-23/h6-8,10-11,13-16,21-22,26-27,31,33,39-40H,9,12,17-20,32H2,1-5H3/t26-,27-,31+/m0/s1. The van der Waals surface area contributed by atoms with Crippen LogP contribution in [0.2, 0.25) is 6.04 Å². The highest BCUT2D eigenvalue weighted by atomic mass is 28.4. The molecule has 1 aliphatic heterocycles. The molecule has 0 bridgehead atoms. The highest BCUT2D eigenvalue weighted by Crippen LogP contribution is 2.29. The first kappa shape index (κ1) is 33.4. The zero-order valence-electron chi connectivity index (χ0n) is 25.3. The Labute approximate surface area is 250 Å². The predicted molar refractivity (Wildman–Crippen MR) is 163 cm³/mol. The number of likely N-dealkylation sites (tertiary alicyclic amines) is 1. The fourth-order valence-electron chi connectivity index (χ4n) is 5.45. The van der Waals surface area contributed by atoms with Crippen LogP contribution in [-0.2, 0) is 16.1 Å². The van der Waals surface area contributed by atoms with E-state index in [1.54, 1.807) is 38.1 Å². The lowest BCUT2D eigenvalue weighted by Crippen LogP contribution is -2.66. The molecule has 11 heteroatoms. The number of ether oxygens (including phenoxy) is 1. The van der Waals surface area contributed by atoms with Gasteiger partial charge in [-0.2, -0.15) is 0 Å². The van der Waals surface area contributed by atoms with E-state index in [4.69, 9.17) is 10.5 Å². The van der Waals surface area contributed by atoms with E-state index in [9.17, 15) is 24.0 Å². The Morgan fingerprint density at radius 3 is 2.26 bits per heavy atom. The molecule has 230 valence electrons. The van der Waals surface area contributed by atoms with Gasteiger partial charge in [0.25, 0.3) is 11.8 Å². The molecule has 3 atom stereocenters. The van der Waals surface area contributed by atoms with Crippen LogP contribution in [0.5, 0.6) is 5.75 Å². The Morgan fingerprint density at radius 2 is 1.69 bits per heavy atom. The number of carbonyl (C=O) groups excluding carboxylic acids is 3. The molecule has 0 radical (unpaired) electrons. The summed E-state index contributed by atoms with van der Waals surface area (Å²) in [5.74, 6) is -1.67. The van der Waals surface area contributed by atoms with Crippen molar-refractivity contribution in [3.05, 3.63) is 65.7 Å². The summed E-state index contributed by atoms with van der Waals surface area (Å²) < 4.78 is 5.22. The first-order valence-corrected chi connectivity index (χ1v) is 16.8. The van der Waals surface area contributed by atoms with Gasteiger partial charge in [0.15, 0.2) is 0 Å². The van der Waals surface area contributed by atoms with E-state index in [-0.39, 0.29) is 30.0 Å². The molecule has 2 aromatic rings. The second-order valence-electron chi connectivity index (χ2n) is 11.7. The van der Waals surface area contributed by atoms with E-state index in [1.807, 2.05) is 44.2 Å². The second-order valence-corrected chi connectivity index (χ2v) is 14.5. The van der Waals surface area contributed by atoms with Gasteiger partial charge in [-0.1, -0.05) is 58.0 Å². The fourth-order valence-corrected chi connectivity index (χ4v) is 8.01. The number of amides is 3. The molecule has 0 spiro atoms. The molecule has 3 amide bonds. The van der Waals surface area contributed by atoms with Crippen LogP contribution in [-0.4, -0.2) is 83.6 Å². The van der Waals surface area contributed by atoms with Crippen molar-refractivity contribution < 1.29 is 28.7 Å². The van der Waals surface area contributed by atoms with Crippen LogP contribution in [0.25, 0.3) is 0 Å². The molecule has 1 heterocycles. The van der Waals surface area contributed by atoms with Crippen molar-refractivity contribution in [2.24, 2.45) is 17.6 Å². The third-order valence-corrected chi connectivity index (χ3v) is 10.7. The molecule has 2 aromatic carbocycles. The van der Waals surface area contributed by atoms with Crippen molar-refractivity contribution in [1.29, 1.82) is 0 Å². The van der Waals surface area contributed by atoms with E-state index in [2.05, 4.69) is 5.32 Å². The van der Waals surface area contributed by atoms with Gasteiger partial charge in [0.1, 0.15) is 11.8 Å². The van der Waals surface area contributed by atoms with Crippen molar-refractivity contribution in [2.45, 2.75) is 70.9 Å². The molecule has 1 fully saturated rings. The number of benzene rings is 2. The average Bonchev–Trinajstić information content (AvgIpc) is 3.47. The predicted octanol–water partition coefficient (Wildman–Crippen LogP) is 2.42. The quantitative estimate of drug-likeness (QED) is 0.156. The van der Waals surface area contributed by atoms with Crippen molar-refractivity contribution in [3.63, 3.8) is 0 Å². The van der Waals surface area contributed by atoms with Gasteiger partial charge in [-0.3, -0.25) is 19.3 Å². The van der Waals surface area contributed by atoms with Gasteiger partial charge < -0.3 is 30.3 Å². The molecule has 0 aliphatic carbocycles. The highest BCUT2D eigenvalue weighted by molar-refractivity contribution is 6.67. The Balaban J connectivity index is 1.94. The first-order chi connectivity index (χ1) is 19.9. The molecule has 0 unspecified atom stereocenters. The van der Waals surface area contributed by atoms with Gasteiger partial charge in [0.05, 0.1) is 18.8 Å². The Kier molecular flexibility index (Phi) is 11.8. The number of imide groups is 1. The number of rotatable bonds is 13. The average molecular weight is 599 g/mol. The zero-order chi connectivity index (χ0) is 31.0. The van der Waals surface area contributed by atoms with Crippen LogP contribution in [0.1, 0.15) is 56.5 Å². The maximum atomic E-state index is 14.3. The summed E-state index contributed by atoms with van der Waals surface area (Å²) in [5, 5.41) is 3.24. The van der Waals surface area contributed by atoms with Gasteiger partial charge in [-0.15, -0.1) is 0 Å². The van der Waals surface area contributed by atoms with Crippen LogP contribution in [0.15, 0.2) is 54.6 Å². The number of methoxy groups -OCH3 is 1. The topological polar surface area (TPSA) is 145 Å². The fraction of sp³-hybridized carbons (Fsp3) is 0.516. The van der Waals surface area contributed by atoms with E-state index in [1.165, 1.54) is 12.0 Å². The minimum atomic E-state index is -4.24. The smallest absolute Gasteiger partial charge is 0.358 e. The minimum absolute atomic E-state index is 0.00606. The second kappa shape index (κ2) is 14.9. The molecular formula is C31H46N4O6Si. The van der Waals surface area contributed by atoms with Crippen molar-refractivity contribution in [3.8, 4) is 5.75 Å². The van der Waals surface area contributed by atoms with Gasteiger partial charge >= 0.3 is 8.56 Å². The minimum Gasteiger partial charge on any atom is -0.497 e. The lowest BCUT2D eigenvalue weighted by Gasteiger charge is -2.41. The Hall–Kier alpha value is -3.09. The van der Waals surface area contributed by atoms with Crippen LogP contribution in [0.3, 0.4) is 0 Å². The highest BCUT2D eigenvalue weighted by Gasteiger charge is 2.51.